The summed E-state index contributed by atoms with van der Waals surface area (Å²) in [6.45, 7) is 9.75. The van der Waals surface area contributed by atoms with Crippen LogP contribution in [0.2, 0.25) is 0 Å². The molecule has 1 aromatic rings. The van der Waals surface area contributed by atoms with Crippen molar-refractivity contribution in [2.24, 2.45) is 5.92 Å². The van der Waals surface area contributed by atoms with E-state index < -0.39 is 0 Å². The van der Waals surface area contributed by atoms with E-state index in [9.17, 15) is 0 Å². The fourth-order valence-electron chi connectivity index (χ4n) is 2.71. The minimum Gasteiger partial charge on any atom is -0.360 e. The van der Waals surface area contributed by atoms with Crippen LogP contribution >= 0.6 is 0 Å². The highest BCUT2D eigenvalue weighted by molar-refractivity contribution is 5.02. The van der Waals surface area contributed by atoms with Gasteiger partial charge in [0, 0.05) is 12.6 Å². The summed E-state index contributed by atoms with van der Waals surface area (Å²) in [4.78, 5) is 2.50. The minimum atomic E-state index is 0.786. The molecule has 1 aromatic heterocycles. The molecule has 4 heteroatoms. The molecule has 1 unspecified atom stereocenters. The first-order valence-electron chi connectivity index (χ1n) is 7.13. The van der Waals surface area contributed by atoms with Gasteiger partial charge in [0.25, 0.3) is 0 Å². The lowest BCUT2D eigenvalue weighted by atomic mass is 9.99. The Balaban J connectivity index is 1.86. The fourth-order valence-corrected chi connectivity index (χ4v) is 2.71. The normalized spacial score (nSPS) is 20.5. The lowest BCUT2D eigenvalue weighted by Crippen LogP contribution is -2.38. The van der Waals surface area contributed by atoms with Crippen LogP contribution in [0.5, 0.6) is 0 Å². The maximum absolute atomic E-state index is 5.32. The molecular formula is C14H25N3O. The van der Waals surface area contributed by atoms with Crippen LogP contribution in [0.1, 0.15) is 37.6 Å². The van der Waals surface area contributed by atoms with E-state index >= 15 is 0 Å². The molecule has 0 saturated carbocycles. The van der Waals surface area contributed by atoms with Gasteiger partial charge in [-0.05, 0) is 51.7 Å². The van der Waals surface area contributed by atoms with Crippen molar-refractivity contribution in [3.8, 4) is 0 Å². The molecule has 102 valence electrons. The van der Waals surface area contributed by atoms with Gasteiger partial charge < -0.3 is 9.84 Å². The van der Waals surface area contributed by atoms with Crippen LogP contribution in [0.25, 0.3) is 0 Å². The van der Waals surface area contributed by atoms with Crippen LogP contribution in [-0.4, -0.2) is 36.2 Å². The summed E-state index contributed by atoms with van der Waals surface area (Å²) >= 11 is 0. The number of piperidine rings is 1. The number of hydrogen-bond acceptors (Lipinski definition) is 4. The number of nitrogens with zero attached hydrogens (tertiary/aromatic N) is 2. The van der Waals surface area contributed by atoms with Gasteiger partial charge in [-0.2, -0.15) is 0 Å². The molecule has 1 N–H and O–H groups in total. The van der Waals surface area contributed by atoms with Crippen molar-refractivity contribution < 1.29 is 4.52 Å². The van der Waals surface area contributed by atoms with Gasteiger partial charge in [0.15, 0.2) is 5.76 Å². The van der Waals surface area contributed by atoms with Crippen LogP contribution in [0.15, 0.2) is 10.6 Å². The highest BCUT2D eigenvalue weighted by Gasteiger charge is 2.17. The van der Waals surface area contributed by atoms with Crippen LogP contribution in [0.3, 0.4) is 0 Å². The molecule has 0 aliphatic carbocycles. The zero-order valence-corrected chi connectivity index (χ0v) is 11.6. The predicted octanol–water partition coefficient (Wildman–Crippen LogP) is 2.19. The van der Waals surface area contributed by atoms with Gasteiger partial charge in [0.1, 0.15) is 0 Å². The summed E-state index contributed by atoms with van der Waals surface area (Å²) in [6.07, 6.45) is 3.85. The van der Waals surface area contributed by atoms with Gasteiger partial charge in [-0.15, -0.1) is 0 Å². The van der Waals surface area contributed by atoms with E-state index in [1.807, 2.05) is 13.0 Å². The fraction of sp³-hybridized carbons (Fsp3) is 0.786. The van der Waals surface area contributed by atoms with E-state index in [-0.39, 0.29) is 0 Å². The van der Waals surface area contributed by atoms with Gasteiger partial charge in [-0.1, -0.05) is 12.1 Å². The molecule has 0 aromatic carbocycles. The third kappa shape index (κ3) is 4.10. The monoisotopic (exact) mass is 251 g/mol. The van der Waals surface area contributed by atoms with Crippen molar-refractivity contribution in [3.05, 3.63) is 17.5 Å². The zero-order chi connectivity index (χ0) is 12.8. The molecule has 4 nitrogen and oxygen atoms in total. The second-order valence-electron chi connectivity index (χ2n) is 5.38. The van der Waals surface area contributed by atoms with E-state index in [1.165, 1.54) is 32.4 Å². The maximum Gasteiger partial charge on any atom is 0.150 e. The molecule has 0 bridgehead atoms. The minimum absolute atomic E-state index is 0.786. The average molecular weight is 251 g/mol. The summed E-state index contributed by atoms with van der Waals surface area (Å²) in [5.74, 6) is 1.78. The first-order chi connectivity index (χ1) is 8.78. The summed E-state index contributed by atoms with van der Waals surface area (Å²) in [7, 11) is 0. The molecule has 1 saturated heterocycles. The second-order valence-corrected chi connectivity index (χ2v) is 5.38. The quantitative estimate of drug-likeness (QED) is 0.841. The molecule has 0 spiro atoms. The molecule has 1 aliphatic heterocycles. The molecule has 2 heterocycles. The number of hydrogen-bond donors (Lipinski definition) is 1. The van der Waals surface area contributed by atoms with Crippen molar-refractivity contribution in [2.45, 2.75) is 39.7 Å². The lowest BCUT2D eigenvalue weighted by Gasteiger charge is -2.29. The Bertz CT molecular complexity index is 345. The number of aryl methyl sites for hydroxylation is 1. The van der Waals surface area contributed by atoms with Gasteiger partial charge in [-0.25, -0.2) is 0 Å². The number of nitrogens with one attached hydrogen (secondary N) is 1. The Kier molecular flexibility index (Phi) is 5.20. The summed E-state index contributed by atoms with van der Waals surface area (Å²) in [6, 6.07) is 2.04. The van der Waals surface area contributed by atoms with Crippen molar-refractivity contribution in [1.29, 1.82) is 0 Å². The van der Waals surface area contributed by atoms with Crippen LogP contribution in [0, 0.1) is 12.8 Å². The van der Waals surface area contributed by atoms with Crippen molar-refractivity contribution in [2.75, 3.05) is 26.2 Å². The second kappa shape index (κ2) is 6.90. The third-order valence-electron chi connectivity index (χ3n) is 3.51. The predicted molar refractivity (Wildman–Crippen MR) is 72.4 cm³/mol. The van der Waals surface area contributed by atoms with Crippen LogP contribution in [0.4, 0.5) is 0 Å². The maximum atomic E-state index is 5.32. The Morgan fingerprint density at radius 1 is 1.56 bits per heavy atom. The molecule has 2 rings (SSSR count). The van der Waals surface area contributed by atoms with Crippen molar-refractivity contribution >= 4 is 0 Å². The molecular weight excluding hydrogens is 226 g/mol. The summed E-state index contributed by atoms with van der Waals surface area (Å²) in [5, 5.41) is 7.45. The lowest BCUT2D eigenvalue weighted by molar-refractivity contribution is 0.183. The van der Waals surface area contributed by atoms with E-state index in [0.29, 0.717) is 0 Å². The standard InChI is InChI=1S/C14H25N3O/c1-3-7-17(10-13-5-4-6-15-9-13)11-14-8-12(2)16-18-14/h8,13,15H,3-7,9-11H2,1-2H3. The Labute approximate surface area is 110 Å². The number of aromatic nitrogens is 1. The van der Waals surface area contributed by atoms with E-state index in [2.05, 4.69) is 22.3 Å². The first-order valence-corrected chi connectivity index (χ1v) is 7.13. The molecule has 1 atom stereocenters. The average Bonchev–Trinajstić information content (AvgIpc) is 2.76. The highest BCUT2D eigenvalue weighted by atomic mass is 16.5. The SMILES string of the molecule is CCCN(Cc1cc(C)no1)CC1CCCNC1. The van der Waals surface area contributed by atoms with Crippen molar-refractivity contribution in [3.63, 3.8) is 0 Å². The molecule has 1 aliphatic rings. The molecule has 18 heavy (non-hydrogen) atoms. The van der Waals surface area contributed by atoms with Crippen LogP contribution < -0.4 is 5.32 Å². The highest BCUT2D eigenvalue weighted by Crippen LogP contribution is 2.14. The van der Waals surface area contributed by atoms with Gasteiger partial charge in [0.05, 0.1) is 12.2 Å². The summed E-state index contributed by atoms with van der Waals surface area (Å²) in [5.41, 5.74) is 0.973. The number of rotatable bonds is 6. The van der Waals surface area contributed by atoms with Gasteiger partial charge in [0.2, 0.25) is 0 Å². The third-order valence-corrected chi connectivity index (χ3v) is 3.51. The molecule has 0 radical (unpaired) electrons. The zero-order valence-electron chi connectivity index (χ0n) is 11.6. The largest absolute Gasteiger partial charge is 0.360 e. The molecule has 0 amide bonds. The Morgan fingerprint density at radius 2 is 2.44 bits per heavy atom. The van der Waals surface area contributed by atoms with E-state index in [1.54, 1.807) is 0 Å². The Hall–Kier alpha value is -0.870. The Morgan fingerprint density at radius 3 is 3.06 bits per heavy atom. The molecule has 1 fully saturated rings. The summed E-state index contributed by atoms with van der Waals surface area (Å²) < 4.78 is 5.32. The topological polar surface area (TPSA) is 41.3 Å². The van der Waals surface area contributed by atoms with Gasteiger partial charge in [-0.3, -0.25) is 4.90 Å². The van der Waals surface area contributed by atoms with Gasteiger partial charge >= 0.3 is 0 Å². The van der Waals surface area contributed by atoms with E-state index in [4.69, 9.17) is 4.52 Å². The van der Waals surface area contributed by atoms with Crippen molar-refractivity contribution in [1.82, 2.24) is 15.4 Å². The van der Waals surface area contributed by atoms with E-state index in [0.717, 1.165) is 37.0 Å². The van der Waals surface area contributed by atoms with Crippen LogP contribution in [-0.2, 0) is 6.54 Å². The first kappa shape index (κ1) is 13.6. The smallest absolute Gasteiger partial charge is 0.150 e.